The van der Waals surface area contributed by atoms with E-state index in [2.05, 4.69) is 6.07 Å². The minimum atomic E-state index is -3.65. The highest BCUT2D eigenvalue weighted by molar-refractivity contribution is 7.89. The van der Waals surface area contributed by atoms with Gasteiger partial charge >= 0.3 is 0 Å². The van der Waals surface area contributed by atoms with Crippen LogP contribution >= 0.6 is 11.6 Å². The van der Waals surface area contributed by atoms with E-state index in [9.17, 15) is 13.2 Å². The van der Waals surface area contributed by atoms with Crippen molar-refractivity contribution in [3.63, 3.8) is 0 Å². The zero-order valence-electron chi connectivity index (χ0n) is 18.9. The van der Waals surface area contributed by atoms with Crippen LogP contribution in [0.3, 0.4) is 0 Å². The number of nitrogens with zero attached hydrogens (tertiary/aromatic N) is 2. The largest absolute Gasteiger partial charge is 0.336 e. The molecule has 6 nitrogen and oxygen atoms in total. The molecule has 8 heteroatoms. The lowest BCUT2D eigenvalue weighted by Crippen LogP contribution is -2.50. The van der Waals surface area contributed by atoms with Crippen molar-refractivity contribution in [3.8, 4) is 0 Å². The first-order valence-electron chi connectivity index (χ1n) is 11.7. The molecule has 5 rings (SSSR count). The van der Waals surface area contributed by atoms with Crippen LogP contribution in [-0.4, -0.2) is 56.3 Å². The number of hydrogen-bond acceptors (Lipinski definition) is 4. The lowest BCUT2D eigenvalue weighted by molar-refractivity contribution is 0.0697. The number of amides is 1. The predicted octanol–water partition coefficient (Wildman–Crippen LogP) is 3.70. The average Bonchev–Trinajstić information content (AvgIpc) is 2.87. The van der Waals surface area contributed by atoms with E-state index in [1.54, 1.807) is 29.2 Å². The van der Waals surface area contributed by atoms with Gasteiger partial charge in [-0.2, -0.15) is 4.31 Å². The van der Waals surface area contributed by atoms with Crippen LogP contribution < -0.4 is 5.73 Å². The fourth-order valence-electron chi connectivity index (χ4n) is 4.98. The molecule has 2 N–H and O–H groups in total. The molecule has 1 atom stereocenters. The van der Waals surface area contributed by atoms with Gasteiger partial charge in [0.05, 0.1) is 4.90 Å². The standard InChI is InChI=1S/C26H28ClN3O3S/c27-24-7-5-22-16-25(8-6-21(22)15-24)34(32,33)30-11-9-29(10-12-30)26(31)23-4-3-19-13-18(17-28)1-2-20(19)14-23/h3-8,14-16,18H,1-2,9-13,17,28H2. The Morgan fingerprint density at radius 2 is 1.68 bits per heavy atom. The number of fused-ring (bicyclic) bond motifs is 2. The first-order chi connectivity index (χ1) is 16.3. The second-order valence-corrected chi connectivity index (χ2v) is 11.6. The molecular weight excluding hydrogens is 470 g/mol. The molecule has 1 saturated heterocycles. The molecule has 3 aromatic carbocycles. The normalized spacial score (nSPS) is 19.2. The summed E-state index contributed by atoms with van der Waals surface area (Å²) in [6, 6.07) is 16.4. The molecule has 1 amide bonds. The summed E-state index contributed by atoms with van der Waals surface area (Å²) in [5, 5.41) is 2.33. The number of hydrogen-bond donors (Lipinski definition) is 1. The molecule has 0 saturated carbocycles. The van der Waals surface area contributed by atoms with E-state index in [4.69, 9.17) is 17.3 Å². The number of sulfonamides is 1. The maximum Gasteiger partial charge on any atom is 0.253 e. The Balaban J connectivity index is 1.27. The maximum atomic E-state index is 13.2. The molecule has 178 valence electrons. The van der Waals surface area contributed by atoms with E-state index in [1.165, 1.54) is 15.4 Å². The quantitative estimate of drug-likeness (QED) is 0.595. The molecule has 0 aromatic heterocycles. The molecule has 2 aliphatic rings. The highest BCUT2D eigenvalue weighted by atomic mass is 35.5. The van der Waals surface area contributed by atoms with Crippen molar-refractivity contribution in [1.29, 1.82) is 0 Å². The first-order valence-corrected chi connectivity index (χ1v) is 13.5. The third-order valence-electron chi connectivity index (χ3n) is 7.05. The molecule has 0 bridgehead atoms. The molecular formula is C26H28ClN3O3S. The van der Waals surface area contributed by atoms with Gasteiger partial charge in [-0.25, -0.2) is 8.42 Å². The predicted molar refractivity (Wildman–Crippen MR) is 135 cm³/mol. The van der Waals surface area contributed by atoms with Gasteiger partial charge in [0.1, 0.15) is 0 Å². The summed E-state index contributed by atoms with van der Waals surface area (Å²) in [6.07, 6.45) is 2.97. The van der Waals surface area contributed by atoms with Crippen LogP contribution in [0.4, 0.5) is 0 Å². The molecule has 1 heterocycles. The molecule has 0 radical (unpaired) electrons. The minimum Gasteiger partial charge on any atom is -0.336 e. The van der Waals surface area contributed by atoms with E-state index in [-0.39, 0.29) is 23.9 Å². The fourth-order valence-corrected chi connectivity index (χ4v) is 6.62. The van der Waals surface area contributed by atoms with Gasteiger partial charge in [-0.05, 0) is 90.0 Å². The molecule has 1 fully saturated rings. The Bertz CT molecular complexity index is 1350. The summed E-state index contributed by atoms with van der Waals surface area (Å²) in [5.74, 6) is 0.480. The van der Waals surface area contributed by atoms with Crippen molar-refractivity contribution < 1.29 is 13.2 Å². The monoisotopic (exact) mass is 497 g/mol. The third kappa shape index (κ3) is 4.45. The number of carbonyl (C=O) groups excluding carboxylic acids is 1. The number of benzene rings is 3. The van der Waals surface area contributed by atoms with Crippen molar-refractivity contribution in [2.24, 2.45) is 11.7 Å². The third-order valence-corrected chi connectivity index (χ3v) is 9.18. The number of aryl methyl sites for hydroxylation is 1. The molecule has 0 spiro atoms. The average molecular weight is 498 g/mol. The lowest BCUT2D eigenvalue weighted by Gasteiger charge is -2.34. The summed E-state index contributed by atoms with van der Waals surface area (Å²) in [6.45, 7) is 1.98. The zero-order valence-corrected chi connectivity index (χ0v) is 20.5. The van der Waals surface area contributed by atoms with Crippen molar-refractivity contribution in [2.75, 3.05) is 32.7 Å². The molecule has 3 aromatic rings. The fraction of sp³-hybridized carbons (Fsp3) is 0.346. The summed E-state index contributed by atoms with van der Waals surface area (Å²) < 4.78 is 28.0. The van der Waals surface area contributed by atoms with Gasteiger partial charge in [-0.3, -0.25) is 4.79 Å². The molecule has 1 aliphatic heterocycles. The Morgan fingerprint density at radius 3 is 2.44 bits per heavy atom. The molecule has 1 aliphatic carbocycles. The summed E-state index contributed by atoms with van der Waals surface area (Å²) >= 11 is 6.04. The van der Waals surface area contributed by atoms with E-state index in [1.807, 2.05) is 24.3 Å². The second kappa shape index (κ2) is 9.30. The SMILES string of the molecule is NCC1CCc2cc(C(=O)N3CCN(S(=O)(=O)c4ccc5cc(Cl)ccc5c4)CC3)ccc2C1. The summed E-state index contributed by atoms with van der Waals surface area (Å²) in [4.78, 5) is 15.1. The number of halogens is 1. The molecule has 1 unspecified atom stereocenters. The minimum absolute atomic E-state index is 0.0385. The van der Waals surface area contributed by atoms with Gasteiger partial charge in [-0.1, -0.05) is 29.8 Å². The number of carbonyl (C=O) groups is 1. The van der Waals surface area contributed by atoms with E-state index >= 15 is 0 Å². The van der Waals surface area contributed by atoms with E-state index in [0.29, 0.717) is 36.1 Å². The number of rotatable bonds is 4. The van der Waals surface area contributed by atoms with Gasteiger partial charge < -0.3 is 10.6 Å². The smallest absolute Gasteiger partial charge is 0.253 e. The van der Waals surface area contributed by atoms with Crippen molar-refractivity contribution >= 4 is 38.3 Å². The number of piperazine rings is 1. The highest BCUT2D eigenvalue weighted by Gasteiger charge is 2.31. The van der Waals surface area contributed by atoms with Gasteiger partial charge in [0.25, 0.3) is 5.91 Å². The van der Waals surface area contributed by atoms with E-state index in [0.717, 1.165) is 30.0 Å². The van der Waals surface area contributed by atoms with Gasteiger partial charge in [0.15, 0.2) is 0 Å². The van der Waals surface area contributed by atoms with Crippen LogP contribution in [-0.2, 0) is 22.9 Å². The maximum absolute atomic E-state index is 13.2. The van der Waals surface area contributed by atoms with Crippen LogP contribution in [0.15, 0.2) is 59.5 Å². The van der Waals surface area contributed by atoms with Crippen LogP contribution in [0.25, 0.3) is 10.8 Å². The number of nitrogens with two attached hydrogens (primary N) is 1. The lowest BCUT2D eigenvalue weighted by atomic mass is 9.83. The topological polar surface area (TPSA) is 83.7 Å². The van der Waals surface area contributed by atoms with Crippen molar-refractivity contribution in [3.05, 3.63) is 76.3 Å². The molecule has 34 heavy (non-hydrogen) atoms. The summed E-state index contributed by atoms with van der Waals surface area (Å²) in [5.41, 5.74) is 9.02. The first kappa shape index (κ1) is 23.3. The van der Waals surface area contributed by atoms with Gasteiger partial charge in [0, 0.05) is 36.8 Å². The van der Waals surface area contributed by atoms with Gasteiger partial charge in [-0.15, -0.1) is 0 Å². The van der Waals surface area contributed by atoms with Crippen molar-refractivity contribution in [1.82, 2.24) is 9.21 Å². The van der Waals surface area contributed by atoms with Crippen LogP contribution in [0, 0.1) is 5.92 Å². The Morgan fingerprint density at radius 1 is 0.941 bits per heavy atom. The Hall–Kier alpha value is -2.45. The summed E-state index contributed by atoms with van der Waals surface area (Å²) in [7, 11) is -3.65. The van der Waals surface area contributed by atoms with Crippen molar-refractivity contribution in [2.45, 2.75) is 24.2 Å². The highest BCUT2D eigenvalue weighted by Crippen LogP contribution is 2.28. The van der Waals surface area contributed by atoms with Gasteiger partial charge in [0.2, 0.25) is 10.0 Å². The van der Waals surface area contributed by atoms with E-state index < -0.39 is 10.0 Å². The second-order valence-electron chi connectivity index (χ2n) is 9.18. The zero-order chi connectivity index (χ0) is 23.9. The Labute approximate surface area is 205 Å². The van der Waals surface area contributed by atoms with Crippen LogP contribution in [0.5, 0.6) is 0 Å². The van der Waals surface area contributed by atoms with Crippen LogP contribution in [0.2, 0.25) is 5.02 Å². The van der Waals surface area contributed by atoms with Crippen LogP contribution in [0.1, 0.15) is 27.9 Å². The Kier molecular flexibility index (Phi) is 6.37.